The van der Waals surface area contributed by atoms with Crippen LogP contribution in [0.1, 0.15) is 59.5 Å². The molecule has 0 atom stereocenters. The van der Waals surface area contributed by atoms with Crippen LogP contribution in [-0.2, 0) is 12.8 Å². The molecule has 0 aliphatic heterocycles. The first-order valence-electron chi connectivity index (χ1n) is 12.3. The summed E-state index contributed by atoms with van der Waals surface area (Å²) in [5, 5.41) is 0. The highest BCUT2D eigenvalue weighted by Crippen LogP contribution is 2.28. The van der Waals surface area contributed by atoms with Crippen molar-refractivity contribution in [2.24, 2.45) is 0 Å². The molecule has 178 valence electrons. The first-order chi connectivity index (χ1) is 17.1. The lowest BCUT2D eigenvalue weighted by Crippen LogP contribution is -1.99. The molecular formula is C31H34BFN2. The summed E-state index contributed by atoms with van der Waals surface area (Å²) in [6.07, 6.45) is 10.4. The van der Waals surface area contributed by atoms with Gasteiger partial charge < -0.3 is 4.98 Å². The minimum atomic E-state index is -0.169. The Hall–Kier alpha value is -3.40. The molecule has 0 amide bonds. The van der Waals surface area contributed by atoms with E-state index in [1.807, 2.05) is 19.9 Å². The third-order valence-electron chi connectivity index (χ3n) is 5.83. The van der Waals surface area contributed by atoms with Gasteiger partial charge in [-0.25, -0.2) is 9.37 Å². The molecule has 4 heteroatoms. The molecule has 0 saturated carbocycles. The maximum atomic E-state index is 13.3. The fourth-order valence-corrected chi connectivity index (χ4v) is 4.06. The lowest BCUT2D eigenvalue weighted by Gasteiger charge is -2.16. The topological polar surface area (TPSA) is 28.7 Å². The maximum absolute atomic E-state index is 13.3. The average Bonchev–Trinajstić information content (AvgIpc) is 3.29. The van der Waals surface area contributed by atoms with Crippen LogP contribution >= 0.6 is 0 Å². The molecule has 1 aromatic heterocycles. The van der Waals surface area contributed by atoms with Crippen molar-refractivity contribution in [2.75, 3.05) is 0 Å². The van der Waals surface area contributed by atoms with Gasteiger partial charge in [0.25, 0.3) is 0 Å². The highest BCUT2D eigenvalue weighted by Gasteiger charge is 2.11. The molecule has 4 rings (SSSR count). The van der Waals surface area contributed by atoms with Crippen LogP contribution in [0.3, 0.4) is 0 Å². The number of H-pyrrole nitrogens is 1. The van der Waals surface area contributed by atoms with Crippen molar-refractivity contribution < 1.29 is 4.39 Å². The van der Waals surface area contributed by atoms with Crippen LogP contribution in [-0.4, -0.2) is 17.8 Å². The van der Waals surface area contributed by atoms with Crippen LogP contribution in [0.25, 0.3) is 0 Å². The zero-order valence-corrected chi connectivity index (χ0v) is 20.8. The predicted octanol–water partition coefficient (Wildman–Crippen LogP) is 7.75. The number of nitrogens with one attached hydrogen (secondary N) is 1. The van der Waals surface area contributed by atoms with Gasteiger partial charge in [0.15, 0.2) is 0 Å². The average molecular weight is 464 g/mol. The zero-order valence-electron chi connectivity index (χ0n) is 20.8. The Labute approximate surface area is 210 Å². The Morgan fingerprint density at radius 3 is 2.09 bits per heavy atom. The Balaban J connectivity index is 0.000000198. The van der Waals surface area contributed by atoms with E-state index in [-0.39, 0.29) is 5.82 Å². The SMILES string of the molecule is CCc1cc(F)cc(Cc2ncc(C)[nH]2)c1.[B]CCC=CCC(c1ccccc1)c1ccccc1. The van der Waals surface area contributed by atoms with Crippen LogP contribution in [0.2, 0.25) is 6.32 Å². The minimum Gasteiger partial charge on any atom is -0.346 e. The summed E-state index contributed by atoms with van der Waals surface area (Å²) in [6.45, 7) is 3.98. The van der Waals surface area contributed by atoms with Gasteiger partial charge in [0, 0.05) is 24.2 Å². The molecule has 35 heavy (non-hydrogen) atoms. The van der Waals surface area contributed by atoms with Crippen molar-refractivity contribution in [3.05, 3.63) is 137 Å². The molecule has 1 N–H and O–H groups in total. The van der Waals surface area contributed by atoms with Gasteiger partial charge in [-0.05, 0) is 60.6 Å². The molecule has 0 bridgehead atoms. The Morgan fingerprint density at radius 1 is 0.914 bits per heavy atom. The summed E-state index contributed by atoms with van der Waals surface area (Å²) in [5.74, 6) is 1.14. The second-order valence-electron chi connectivity index (χ2n) is 8.67. The molecule has 1 heterocycles. The highest BCUT2D eigenvalue weighted by atomic mass is 19.1. The van der Waals surface area contributed by atoms with Crippen LogP contribution in [0.4, 0.5) is 4.39 Å². The van der Waals surface area contributed by atoms with Gasteiger partial charge in [-0.15, -0.1) is 0 Å². The quantitative estimate of drug-likeness (QED) is 0.199. The Morgan fingerprint density at radius 2 is 1.54 bits per heavy atom. The van der Waals surface area contributed by atoms with E-state index in [0.717, 1.165) is 48.2 Å². The number of nitrogens with zero attached hydrogens (tertiary/aromatic N) is 1. The van der Waals surface area contributed by atoms with E-state index in [1.165, 1.54) is 11.1 Å². The lowest BCUT2D eigenvalue weighted by atomic mass is 9.88. The largest absolute Gasteiger partial charge is 0.346 e. The zero-order chi connectivity index (χ0) is 24.9. The number of allylic oxidation sites excluding steroid dienone is 2. The summed E-state index contributed by atoms with van der Waals surface area (Å²) < 4.78 is 13.3. The van der Waals surface area contributed by atoms with E-state index < -0.39 is 0 Å². The van der Waals surface area contributed by atoms with Crippen molar-refractivity contribution in [3.8, 4) is 0 Å². The molecule has 2 radical (unpaired) electrons. The Kier molecular flexibility index (Phi) is 10.6. The standard InChI is InChI=1S/C18H19B.C13H15FN2/c19-15-9-3-8-14-18(16-10-4-1-5-11-16)17-12-6-2-7-13-17;1-3-10-4-11(6-12(14)5-10)7-13-15-8-9(2)16-13/h1-8,10-13,18H,9,14-15H2;4-6,8H,3,7H2,1-2H3,(H,15,16). The van der Waals surface area contributed by atoms with Gasteiger partial charge in [0.1, 0.15) is 11.6 Å². The van der Waals surface area contributed by atoms with Gasteiger partial charge >= 0.3 is 0 Å². The van der Waals surface area contributed by atoms with Crippen molar-refractivity contribution in [1.29, 1.82) is 0 Å². The molecule has 0 fully saturated rings. The van der Waals surface area contributed by atoms with E-state index in [9.17, 15) is 4.39 Å². The molecule has 0 aliphatic rings. The minimum absolute atomic E-state index is 0.169. The summed E-state index contributed by atoms with van der Waals surface area (Å²) in [7, 11) is 5.52. The van der Waals surface area contributed by atoms with E-state index >= 15 is 0 Å². The van der Waals surface area contributed by atoms with Gasteiger partial charge in [0.05, 0.1) is 7.85 Å². The molecule has 0 unspecified atom stereocenters. The van der Waals surface area contributed by atoms with Crippen molar-refractivity contribution in [2.45, 2.75) is 51.8 Å². The molecule has 0 saturated heterocycles. The number of hydrogen-bond donors (Lipinski definition) is 1. The number of aryl methyl sites for hydroxylation is 2. The van der Waals surface area contributed by atoms with Gasteiger partial charge in [-0.3, -0.25) is 0 Å². The predicted molar refractivity (Wildman–Crippen MR) is 146 cm³/mol. The second-order valence-corrected chi connectivity index (χ2v) is 8.67. The van der Waals surface area contributed by atoms with Crippen molar-refractivity contribution in [1.82, 2.24) is 9.97 Å². The first-order valence-corrected chi connectivity index (χ1v) is 12.3. The first kappa shape index (κ1) is 26.2. The van der Waals surface area contributed by atoms with E-state index in [0.29, 0.717) is 12.3 Å². The number of benzene rings is 3. The fourth-order valence-electron chi connectivity index (χ4n) is 4.06. The van der Waals surface area contributed by atoms with Gasteiger partial charge in [0.2, 0.25) is 0 Å². The number of hydrogen-bond acceptors (Lipinski definition) is 1. The lowest BCUT2D eigenvalue weighted by molar-refractivity contribution is 0.623. The third kappa shape index (κ3) is 8.71. The Bertz CT molecular complexity index is 1130. The summed E-state index contributed by atoms with van der Waals surface area (Å²) >= 11 is 0. The van der Waals surface area contributed by atoms with E-state index in [2.05, 4.69) is 82.8 Å². The highest BCUT2D eigenvalue weighted by molar-refractivity contribution is 6.08. The molecule has 2 nitrogen and oxygen atoms in total. The molecular weight excluding hydrogens is 430 g/mol. The number of aromatic nitrogens is 2. The van der Waals surface area contributed by atoms with E-state index in [4.69, 9.17) is 7.85 Å². The second kappa shape index (κ2) is 14.1. The van der Waals surface area contributed by atoms with Crippen LogP contribution in [0, 0.1) is 12.7 Å². The molecule has 3 aromatic carbocycles. The number of halogens is 1. The smallest absolute Gasteiger partial charge is 0.123 e. The molecule has 0 aliphatic carbocycles. The molecule has 0 spiro atoms. The normalized spacial score (nSPS) is 11.0. The monoisotopic (exact) mass is 464 g/mol. The molecule has 4 aromatic rings. The fraction of sp³-hybridized carbons (Fsp3) is 0.258. The van der Waals surface area contributed by atoms with E-state index in [1.54, 1.807) is 18.3 Å². The summed E-state index contributed by atoms with van der Waals surface area (Å²) in [5.41, 5.74) is 5.75. The number of aromatic amines is 1. The maximum Gasteiger partial charge on any atom is 0.123 e. The summed E-state index contributed by atoms with van der Waals surface area (Å²) in [4.78, 5) is 7.37. The number of imidazole rings is 1. The third-order valence-corrected chi connectivity index (χ3v) is 5.83. The van der Waals surface area contributed by atoms with Gasteiger partial charge in [-0.2, -0.15) is 0 Å². The van der Waals surface area contributed by atoms with Crippen molar-refractivity contribution >= 4 is 7.85 Å². The van der Waals surface area contributed by atoms with Crippen LogP contribution in [0.15, 0.2) is 97.2 Å². The summed E-state index contributed by atoms with van der Waals surface area (Å²) in [6, 6.07) is 26.5. The van der Waals surface area contributed by atoms with Crippen LogP contribution in [0.5, 0.6) is 0 Å². The van der Waals surface area contributed by atoms with Crippen molar-refractivity contribution in [3.63, 3.8) is 0 Å². The van der Waals surface area contributed by atoms with Gasteiger partial charge in [-0.1, -0.05) is 92.1 Å². The van der Waals surface area contributed by atoms with Crippen LogP contribution < -0.4 is 0 Å². The number of rotatable bonds is 9.